The average Bonchev–Trinajstić information content (AvgIpc) is 2.22. The van der Waals surface area contributed by atoms with Crippen molar-refractivity contribution < 1.29 is 24.9 Å². The third-order valence-corrected chi connectivity index (χ3v) is 3.20. The Balaban J connectivity index is 3.93. The van der Waals surface area contributed by atoms with Crippen molar-refractivity contribution in [1.29, 1.82) is 0 Å². The van der Waals surface area contributed by atoms with E-state index in [2.05, 4.69) is 0 Å². The topological polar surface area (TPSA) is 100 Å². The predicted octanol–water partition coefficient (Wildman–Crippen LogP) is -1.08. The standard InChI is InChI=1S/C11H20O5S/c1-17-7-5-3-2-4-6-11(16,10(14)15)8-9(12)13/h16H,2-8H2,1H3,(H,12,13)(H,14,15)/p-2. The minimum Gasteiger partial charge on any atom is -0.550 e. The fourth-order valence-corrected chi connectivity index (χ4v) is 2.01. The van der Waals surface area contributed by atoms with Crippen LogP contribution in [0.5, 0.6) is 0 Å². The van der Waals surface area contributed by atoms with Gasteiger partial charge in [-0.25, -0.2) is 0 Å². The van der Waals surface area contributed by atoms with Gasteiger partial charge in [-0.3, -0.25) is 0 Å². The van der Waals surface area contributed by atoms with Gasteiger partial charge in [0.05, 0.1) is 5.97 Å². The number of hydrogen-bond acceptors (Lipinski definition) is 6. The van der Waals surface area contributed by atoms with Crippen LogP contribution in [0, 0.1) is 0 Å². The van der Waals surface area contributed by atoms with E-state index in [1.807, 2.05) is 6.26 Å². The number of hydrogen-bond donors (Lipinski definition) is 1. The van der Waals surface area contributed by atoms with Crippen LogP contribution in [-0.2, 0) is 9.59 Å². The molecule has 1 unspecified atom stereocenters. The van der Waals surface area contributed by atoms with Crippen LogP contribution in [-0.4, -0.2) is 34.7 Å². The van der Waals surface area contributed by atoms with E-state index in [4.69, 9.17) is 0 Å². The number of unbranched alkanes of at least 4 members (excludes halogenated alkanes) is 3. The molecule has 0 aromatic heterocycles. The molecule has 100 valence electrons. The Kier molecular flexibility index (Phi) is 7.99. The van der Waals surface area contributed by atoms with Crippen LogP contribution in [0.15, 0.2) is 0 Å². The molecule has 1 N–H and O–H groups in total. The third kappa shape index (κ3) is 7.23. The monoisotopic (exact) mass is 262 g/mol. The molecule has 0 aromatic carbocycles. The van der Waals surface area contributed by atoms with Crippen LogP contribution in [0.25, 0.3) is 0 Å². The van der Waals surface area contributed by atoms with E-state index in [-0.39, 0.29) is 6.42 Å². The van der Waals surface area contributed by atoms with E-state index in [0.29, 0.717) is 6.42 Å². The van der Waals surface area contributed by atoms with E-state index in [1.165, 1.54) is 0 Å². The molecule has 0 aliphatic carbocycles. The zero-order chi connectivity index (χ0) is 13.3. The molecule has 1 atom stereocenters. The molecule has 0 saturated heterocycles. The molecule has 0 aromatic rings. The summed E-state index contributed by atoms with van der Waals surface area (Å²) in [6.07, 6.45) is 4.19. The van der Waals surface area contributed by atoms with Gasteiger partial charge in [0.2, 0.25) is 0 Å². The average molecular weight is 262 g/mol. The molecular weight excluding hydrogens is 244 g/mol. The second-order valence-electron chi connectivity index (χ2n) is 4.02. The first kappa shape index (κ1) is 16.2. The maximum atomic E-state index is 10.7. The van der Waals surface area contributed by atoms with Gasteiger partial charge in [0.25, 0.3) is 0 Å². The molecule has 0 spiro atoms. The highest BCUT2D eigenvalue weighted by molar-refractivity contribution is 7.98. The summed E-state index contributed by atoms with van der Waals surface area (Å²) in [5, 5.41) is 30.6. The SMILES string of the molecule is CSCCCCCCC(O)(CC(=O)[O-])C(=O)[O-]. The molecule has 6 heteroatoms. The molecule has 0 bridgehead atoms. The smallest absolute Gasteiger partial charge is 0.109 e. The van der Waals surface area contributed by atoms with Crippen LogP contribution in [0.1, 0.15) is 38.5 Å². The number of carbonyl (C=O) groups excluding carboxylic acids is 2. The highest BCUT2D eigenvalue weighted by Gasteiger charge is 2.28. The zero-order valence-corrected chi connectivity index (χ0v) is 10.8. The fourth-order valence-electron chi connectivity index (χ4n) is 1.52. The van der Waals surface area contributed by atoms with Gasteiger partial charge >= 0.3 is 0 Å². The molecule has 0 saturated carbocycles. The normalized spacial score (nSPS) is 14.2. The summed E-state index contributed by atoms with van der Waals surface area (Å²) in [6, 6.07) is 0. The number of thioether (sulfide) groups is 1. The van der Waals surface area contributed by atoms with Gasteiger partial charge in [0, 0.05) is 12.4 Å². The Labute approximate surface area is 105 Å². The summed E-state index contributed by atoms with van der Waals surface area (Å²) >= 11 is 1.74. The van der Waals surface area contributed by atoms with Gasteiger partial charge in [-0.1, -0.05) is 19.3 Å². The predicted molar refractivity (Wildman–Crippen MR) is 61.0 cm³/mol. The van der Waals surface area contributed by atoms with Gasteiger partial charge in [0.15, 0.2) is 0 Å². The molecule has 0 rings (SSSR count). The molecule has 0 radical (unpaired) electrons. The summed E-state index contributed by atoms with van der Waals surface area (Å²) in [5.41, 5.74) is -2.29. The molecule has 0 aliphatic heterocycles. The van der Waals surface area contributed by atoms with Crippen LogP contribution in [0.3, 0.4) is 0 Å². The number of carboxylic acids is 2. The van der Waals surface area contributed by atoms with Crippen molar-refractivity contribution in [3.8, 4) is 0 Å². The Morgan fingerprint density at radius 3 is 2.24 bits per heavy atom. The van der Waals surface area contributed by atoms with Crippen molar-refractivity contribution in [2.45, 2.75) is 44.1 Å². The van der Waals surface area contributed by atoms with Gasteiger partial charge in [-0.05, 0) is 24.9 Å². The number of carbonyl (C=O) groups is 2. The Hall–Kier alpha value is -0.750. The van der Waals surface area contributed by atoms with E-state index in [9.17, 15) is 24.9 Å². The Morgan fingerprint density at radius 1 is 1.18 bits per heavy atom. The summed E-state index contributed by atoms with van der Waals surface area (Å²) in [7, 11) is 0. The summed E-state index contributed by atoms with van der Waals surface area (Å²) in [4.78, 5) is 21.0. The zero-order valence-electron chi connectivity index (χ0n) is 9.94. The largest absolute Gasteiger partial charge is 0.550 e. The van der Waals surface area contributed by atoms with Gasteiger partial charge in [-0.15, -0.1) is 0 Å². The summed E-state index contributed by atoms with van der Waals surface area (Å²) in [6.45, 7) is 0. The van der Waals surface area contributed by atoms with Crippen molar-refractivity contribution in [1.82, 2.24) is 0 Å². The number of carboxylic acid groups (broad SMARTS) is 2. The highest BCUT2D eigenvalue weighted by atomic mass is 32.2. The van der Waals surface area contributed by atoms with Crippen LogP contribution in [0.2, 0.25) is 0 Å². The lowest BCUT2D eigenvalue weighted by atomic mass is 9.92. The molecule has 0 aliphatic rings. The molecule has 17 heavy (non-hydrogen) atoms. The van der Waals surface area contributed by atoms with Crippen molar-refractivity contribution in [2.24, 2.45) is 0 Å². The van der Waals surface area contributed by atoms with E-state index in [1.54, 1.807) is 11.8 Å². The van der Waals surface area contributed by atoms with Crippen molar-refractivity contribution >= 4 is 23.7 Å². The highest BCUT2D eigenvalue weighted by Crippen LogP contribution is 2.19. The fraction of sp³-hybridized carbons (Fsp3) is 0.818. The maximum Gasteiger partial charge on any atom is 0.109 e. The van der Waals surface area contributed by atoms with Crippen molar-refractivity contribution in [3.05, 3.63) is 0 Å². The molecule has 0 fully saturated rings. The first-order chi connectivity index (χ1) is 7.92. The maximum absolute atomic E-state index is 10.7. The Morgan fingerprint density at radius 2 is 1.76 bits per heavy atom. The lowest BCUT2D eigenvalue weighted by molar-refractivity contribution is -0.334. The van der Waals surface area contributed by atoms with E-state index >= 15 is 0 Å². The Bertz CT molecular complexity index is 256. The van der Waals surface area contributed by atoms with Gasteiger partial charge < -0.3 is 24.9 Å². The lowest BCUT2D eigenvalue weighted by Gasteiger charge is -2.29. The summed E-state index contributed by atoms with van der Waals surface area (Å²) < 4.78 is 0. The second-order valence-corrected chi connectivity index (χ2v) is 5.01. The second kappa shape index (κ2) is 8.36. The molecule has 5 nitrogen and oxygen atoms in total. The first-order valence-electron chi connectivity index (χ1n) is 5.55. The minimum atomic E-state index is -2.29. The van der Waals surface area contributed by atoms with Gasteiger partial charge in [0.1, 0.15) is 5.60 Å². The van der Waals surface area contributed by atoms with Gasteiger partial charge in [-0.2, -0.15) is 11.8 Å². The van der Waals surface area contributed by atoms with Crippen molar-refractivity contribution in [2.75, 3.05) is 12.0 Å². The van der Waals surface area contributed by atoms with Crippen LogP contribution in [0.4, 0.5) is 0 Å². The quantitative estimate of drug-likeness (QED) is 0.503. The summed E-state index contributed by atoms with van der Waals surface area (Å²) in [5.74, 6) is -2.28. The third-order valence-electron chi connectivity index (χ3n) is 2.51. The molecule has 0 heterocycles. The number of aliphatic hydroxyl groups is 1. The minimum absolute atomic E-state index is 0.109. The van der Waals surface area contributed by atoms with Crippen LogP contribution < -0.4 is 10.2 Å². The number of rotatable bonds is 10. The van der Waals surface area contributed by atoms with E-state index < -0.39 is 24.0 Å². The van der Waals surface area contributed by atoms with Crippen LogP contribution >= 0.6 is 11.8 Å². The van der Waals surface area contributed by atoms with Crippen molar-refractivity contribution in [3.63, 3.8) is 0 Å². The molecule has 0 amide bonds. The first-order valence-corrected chi connectivity index (χ1v) is 6.94. The number of aliphatic carboxylic acids is 2. The molecular formula is C11H18O5S-2. The lowest BCUT2D eigenvalue weighted by Crippen LogP contribution is -2.51. The van der Waals surface area contributed by atoms with E-state index in [0.717, 1.165) is 25.0 Å².